The van der Waals surface area contributed by atoms with Gasteiger partial charge in [0, 0.05) is 17.5 Å². The molecule has 2 atom stereocenters. The Hall–Kier alpha value is -1.30. The first-order chi connectivity index (χ1) is 9.04. The lowest BCUT2D eigenvalue weighted by Gasteiger charge is -2.28. The van der Waals surface area contributed by atoms with Crippen LogP contribution >= 0.6 is 11.8 Å². The molecule has 0 radical (unpaired) electrons. The largest absolute Gasteiger partial charge is 0.328 e. The summed E-state index contributed by atoms with van der Waals surface area (Å²) in [6.07, 6.45) is 7.03. The minimum atomic E-state index is -0.456. The van der Waals surface area contributed by atoms with Gasteiger partial charge in [0.25, 0.3) is 5.56 Å². The predicted octanol–water partition coefficient (Wildman–Crippen LogP) is 1.59. The number of thioether (sulfide) groups is 1. The fourth-order valence-electron chi connectivity index (χ4n) is 2.64. The minimum Gasteiger partial charge on any atom is -0.313 e. The number of nitrogens with one attached hydrogen (secondary N) is 1. The van der Waals surface area contributed by atoms with Gasteiger partial charge in [-0.2, -0.15) is 11.8 Å². The summed E-state index contributed by atoms with van der Waals surface area (Å²) in [5.74, 6) is -0.313. The topological polar surface area (TPSA) is 71.9 Å². The third kappa shape index (κ3) is 2.83. The van der Waals surface area contributed by atoms with Crippen molar-refractivity contribution in [3.63, 3.8) is 0 Å². The van der Waals surface area contributed by atoms with Crippen LogP contribution in [0.5, 0.6) is 0 Å². The molecule has 0 bridgehead atoms. The fraction of sp³-hybridized carbons (Fsp3) is 0.615. The lowest BCUT2D eigenvalue weighted by Crippen LogP contribution is -2.42. The number of nitrogens with zero attached hydrogens (tertiary/aromatic N) is 1. The number of carbonyl (C=O) groups excluding carboxylic acids is 1. The summed E-state index contributed by atoms with van der Waals surface area (Å²) in [6, 6.07) is -0.0956. The molecule has 1 N–H and O–H groups in total. The summed E-state index contributed by atoms with van der Waals surface area (Å²) in [4.78, 5) is 38.0. The smallest absolute Gasteiger partial charge is 0.313 e. The molecule has 0 amide bonds. The molecular weight excluding hydrogens is 264 g/mol. The monoisotopic (exact) mass is 282 g/mol. The minimum absolute atomic E-state index is 0.0610. The summed E-state index contributed by atoms with van der Waals surface area (Å²) in [5.41, 5.74) is -0.810. The first kappa shape index (κ1) is 14.1. The molecule has 1 aromatic heterocycles. The van der Waals surface area contributed by atoms with Crippen LogP contribution in [0.1, 0.15) is 49.0 Å². The van der Waals surface area contributed by atoms with Crippen molar-refractivity contribution in [3.8, 4) is 0 Å². The van der Waals surface area contributed by atoms with Crippen molar-refractivity contribution in [2.75, 3.05) is 6.26 Å². The van der Waals surface area contributed by atoms with Gasteiger partial charge in [-0.05, 0) is 32.4 Å². The van der Waals surface area contributed by atoms with E-state index in [1.165, 1.54) is 17.7 Å². The van der Waals surface area contributed by atoms with Crippen molar-refractivity contribution in [1.82, 2.24) is 9.55 Å². The summed E-state index contributed by atoms with van der Waals surface area (Å²) >= 11 is 1.77. The van der Waals surface area contributed by atoms with Crippen molar-refractivity contribution in [1.29, 1.82) is 0 Å². The molecule has 0 spiro atoms. The van der Waals surface area contributed by atoms with Crippen molar-refractivity contribution >= 4 is 17.5 Å². The maximum atomic E-state index is 12.2. The Balaban J connectivity index is 2.44. The van der Waals surface area contributed by atoms with Gasteiger partial charge in [0.05, 0.1) is 5.56 Å². The van der Waals surface area contributed by atoms with Crippen LogP contribution in [0.3, 0.4) is 0 Å². The van der Waals surface area contributed by atoms with Gasteiger partial charge in [-0.1, -0.05) is 6.42 Å². The van der Waals surface area contributed by atoms with Gasteiger partial charge in [0.2, 0.25) is 0 Å². The van der Waals surface area contributed by atoms with E-state index in [4.69, 9.17) is 0 Å². The Labute approximate surface area is 115 Å². The van der Waals surface area contributed by atoms with Crippen LogP contribution in [-0.2, 0) is 0 Å². The van der Waals surface area contributed by atoms with Crippen LogP contribution in [0, 0.1) is 0 Å². The number of hydrogen-bond acceptors (Lipinski definition) is 4. The van der Waals surface area contributed by atoms with Gasteiger partial charge in [-0.15, -0.1) is 0 Å². The molecule has 1 aromatic rings. The Bertz CT molecular complexity index is 590. The predicted molar refractivity (Wildman–Crippen MR) is 76.1 cm³/mol. The van der Waals surface area contributed by atoms with E-state index in [-0.39, 0.29) is 17.4 Å². The van der Waals surface area contributed by atoms with Crippen molar-refractivity contribution in [2.45, 2.75) is 43.9 Å². The lowest BCUT2D eigenvalue weighted by molar-refractivity contribution is 0.101. The molecule has 6 heteroatoms. The summed E-state index contributed by atoms with van der Waals surface area (Å²) in [6.45, 7) is 1.34. The van der Waals surface area contributed by atoms with E-state index in [2.05, 4.69) is 4.98 Å². The fourth-order valence-corrected chi connectivity index (χ4v) is 3.46. The van der Waals surface area contributed by atoms with E-state index >= 15 is 0 Å². The molecule has 1 aliphatic carbocycles. The lowest BCUT2D eigenvalue weighted by atomic mass is 9.94. The Morgan fingerprint density at radius 2 is 2.16 bits per heavy atom. The zero-order chi connectivity index (χ0) is 14.0. The van der Waals surface area contributed by atoms with Crippen LogP contribution in [0.15, 0.2) is 15.8 Å². The van der Waals surface area contributed by atoms with E-state index in [9.17, 15) is 14.4 Å². The van der Waals surface area contributed by atoms with E-state index in [0.29, 0.717) is 5.25 Å². The number of aromatic amines is 1. The van der Waals surface area contributed by atoms with E-state index < -0.39 is 11.2 Å². The molecule has 1 heterocycles. The average Bonchev–Trinajstić information content (AvgIpc) is 2.38. The standard InChI is InChI=1S/C13H18N2O3S/c1-8(16)11-7-14-13(18)15(12(11)17)9-4-3-5-10(6-9)19-2/h7,9-10H,3-6H2,1-2H3,(H,14,18). The van der Waals surface area contributed by atoms with Gasteiger partial charge in [0.15, 0.2) is 5.78 Å². The van der Waals surface area contributed by atoms with E-state index in [1.54, 1.807) is 11.8 Å². The first-order valence-corrected chi connectivity index (χ1v) is 7.71. The molecule has 0 aliphatic heterocycles. The molecule has 0 saturated heterocycles. The third-order valence-corrected chi connectivity index (χ3v) is 4.78. The maximum absolute atomic E-state index is 12.2. The molecule has 104 valence electrons. The Morgan fingerprint density at radius 3 is 2.79 bits per heavy atom. The van der Waals surface area contributed by atoms with E-state index in [0.717, 1.165) is 25.7 Å². The molecule has 1 aliphatic rings. The number of carbonyl (C=O) groups is 1. The number of H-pyrrole nitrogens is 1. The van der Waals surface area contributed by atoms with Crippen molar-refractivity contribution in [2.24, 2.45) is 0 Å². The highest BCUT2D eigenvalue weighted by molar-refractivity contribution is 7.99. The first-order valence-electron chi connectivity index (χ1n) is 6.42. The Kier molecular flexibility index (Phi) is 4.29. The van der Waals surface area contributed by atoms with E-state index in [1.807, 2.05) is 6.26 Å². The van der Waals surface area contributed by atoms with Gasteiger partial charge in [-0.3, -0.25) is 14.2 Å². The molecule has 0 aromatic carbocycles. The highest BCUT2D eigenvalue weighted by Gasteiger charge is 2.25. The van der Waals surface area contributed by atoms with Gasteiger partial charge < -0.3 is 4.98 Å². The second-order valence-electron chi connectivity index (χ2n) is 4.92. The second kappa shape index (κ2) is 5.77. The molecule has 1 saturated carbocycles. The second-order valence-corrected chi connectivity index (χ2v) is 6.06. The van der Waals surface area contributed by atoms with Crippen molar-refractivity contribution < 1.29 is 4.79 Å². The maximum Gasteiger partial charge on any atom is 0.328 e. The Morgan fingerprint density at radius 1 is 1.42 bits per heavy atom. The number of ketones is 1. The number of hydrogen-bond donors (Lipinski definition) is 1. The van der Waals surface area contributed by atoms with Crippen LogP contribution < -0.4 is 11.2 Å². The third-order valence-electron chi connectivity index (χ3n) is 3.68. The number of Topliss-reactive ketones (excluding diaryl/α,β-unsaturated/α-hetero) is 1. The van der Waals surface area contributed by atoms with Crippen LogP contribution in [0.2, 0.25) is 0 Å². The summed E-state index contributed by atoms with van der Waals surface area (Å²) < 4.78 is 1.24. The molecule has 5 nitrogen and oxygen atoms in total. The number of rotatable bonds is 3. The van der Waals surface area contributed by atoms with Crippen LogP contribution in [0.25, 0.3) is 0 Å². The molecule has 1 fully saturated rings. The molecular formula is C13H18N2O3S. The highest BCUT2D eigenvalue weighted by Crippen LogP contribution is 2.32. The molecule has 2 unspecified atom stereocenters. The van der Waals surface area contributed by atoms with Gasteiger partial charge >= 0.3 is 5.69 Å². The summed E-state index contributed by atoms with van der Waals surface area (Å²) in [5, 5.41) is 0.478. The molecule has 19 heavy (non-hydrogen) atoms. The van der Waals surface area contributed by atoms with Crippen LogP contribution in [-0.4, -0.2) is 26.8 Å². The zero-order valence-corrected chi connectivity index (χ0v) is 12.0. The quantitative estimate of drug-likeness (QED) is 0.854. The molecule has 2 rings (SSSR count). The number of aromatic nitrogens is 2. The van der Waals surface area contributed by atoms with Gasteiger partial charge in [0.1, 0.15) is 0 Å². The highest BCUT2D eigenvalue weighted by atomic mass is 32.2. The average molecular weight is 282 g/mol. The zero-order valence-electron chi connectivity index (χ0n) is 11.1. The summed E-state index contributed by atoms with van der Waals surface area (Å²) in [7, 11) is 0. The van der Waals surface area contributed by atoms with Crippen molar-refractivity contribution in [3.05, 3.63) is 32.6 Å². The van der Waals surface area contributed by atoms with Crippen LogP contribution in [0.4, 0.5) is 0 Å². The van der Waals surface area contributed by atoms with Gasteiger partial charge in [-0.25, -0.2) is 4.79 Å². The normalized spacial score (nSPS) is 23.3. The SMILES string of the molecule is CSC1CCCC(n2c(=O)[nH]cc(C(C)=O)c2=O)C1.